The largest absolute Gasteiger partial charge is 0.391 e. The van der Waals surface area contributed by atoms with Crippen molar-refractivity contribution in [2.24, 2.45) is 0 Å². The Kier molecular flexibility index (Phi) is 4.94. The zero-order valence-corrected chi connectivity index (χ0v) is 15.0. The molecule has 2 fully saturated rings. The van der Waals surface area contributed by atoms with Gasteiger partial charge in [0.25, 0.3) is 5.91 Å². The molecular formula is C19H24N4O4. The summed E-state index contributed by atoms with van der Waals surface area (Å²) in [6.45, 7) is 2.49. The first kappa shape index (κ1) is 18.1. The van der Waals surface area contributed by atoms with Crippen LogP contribution in [0.1, 0.15) is 40.7 Å². The summed E-state index contributed by atoms with van der Waals surface area (Å²) >= 11 is 0. The fourth-order valence-electron chi connectivity index (χ4n) is 4.01. The minimum Gasteiger partial charge on any atom is -0.391 e. The number of fused-ring (bicyclic) bond motifs is 1. The van der Waals surface area contributed by atoms with E-state index in [9.17, 15) is 19.5 Å². The third-order valence-corrected chi connectivity index (χ3v) is 5.61. The smallest absolute Gasteiger partial charge is 0.255 e. The molecule has 8 nitrogen and oxygen atoms in total. The van der Waals surface area contributed by atoms with Crippen LogP contribution in [0.3, 0.4) is 0 Å². The van der Waals surface area contributed by atoms with E-state index in [4.69, 9.17) is 0 Å². The Morgan fingerprint density at radius 3 is 2.85 bits per heavy atom. The van der Waals surface area contributed by atoms with Crippen LogP contribution in [0.25, 0.3) is 0 Å². The molecule has 0 radical (unpaired) electrons. The summed E-state index contributed by atoms with van der Waals surface area (Å²) in [7, 11) is 0. The van der Waals surface area contributed by atoms with Crippen molar-refractivity contribution in [3.63, 3.8) is 0 Å². The SMILES string of the molecule is O=C1CCC(N2Cc3ccc(CN[C@@H]4CNCC[C@H]4O)cc3C2=O)C(=O)N1. The number of hydrogen-bond acceptors (Lipinski definition) is 6. The molecule has 3 atom stereocenters. The molecule has 4 N–H and O–H groups in total. The van der Waals surface area contributed by atoms with Gasteiger partial charge in [-0.05, 0) is 36.6 Å². The van der Waals surface area contributed by atoms with E-state index in [1.165, 1.54) is 0 Å². The summed E-state index contributed by atoms with van der Waals surface area (Å²) in [5.41, 5.74) is 2.47. The van der Waals surface area contributed by atoms with Crippen LogP contribution in [0.4, 0.5) is 0 Å². The van der Waals surface area contributed by atoms with E-state index in [0.29, 0.717) is 31.6 Å². The van der Waals surface area contributed by atoms with Crippen LogP contribution in [-0.4, -0.2) is 59.0 Å². The number of piperidine rings is 2. The first-order valence-electron chi connectivity index (χ1n) is 9.41. The fourth-order valence-corrected chi connectivity index (χ4v) is 4.01. The number of imide groups is 1. The molecule has 3 aliphatic rings. The highest BCUT2D eigenvalue weighted by Crippen LogP contribution is 2.28. The third kappa shape index (κ3) is 3.60. The number of carbonyl (C=O) groups excluding carboxylic acids is 3. The van der Waals surface area contributed by atoms with Gasteiger partial charge in [-0.1, -0.05) is 12.1 Å². The summed E-state index contributed by atoms with van der Waals surface area (Å²) in [5, 5.41) is 19.0. The molecule has 0 aliphatic carbocycles. The second-order valence-electron chi connectivity index (χ2n) is 7.44. The lowest BCUT2D eigenvalue weighted by Gasteiger charge is -2.29. The molecule has 8 heteroatoms. The summed E-state index contributed by atoms with van der Waals surface area (Å²) in [4.78, 5) is 37.8. The molecule has 3 heterocycles. The van der Waals surface area contributed by atoms with Gasteiger partial charge in [-0.3, -0.25) is 19.7 Å². The van der Waals surface area contributed by atoms with Crippen molar-refractivity contribution in [2.75, 3.05) is 13.1 Å². The van der Waals surface area contributed by atoms with Gasteiger partial charge >= 0.3 is 0 Å². The minimum atomic E-state index is -0.590. The number of amides is 3. The van der Waals surface area contributed by atoms with E-state index >= 15 is 0 Å². The highest BCUT2D eigenvalue weighted by atomic mass is 16.3. The molecule has 3 amide bonds. The average molecular weight is 372 g/mol. The molecule has 0 aromatic heterocycles. The molecule has 4 rings (SSSR count). The molecule has 3 aliphatic heterocycles. The van der Waals surface area contributed by atoms with Crippen LogP contribution in [-0.2, 0) is 22.7 Å². The Hall–Kier alpha value is -2.29. The Labute approximate surface area is 157 Å². The van der Waals surface area contributed by atoms with Crippen molar-refractivity contribution in [1.29, 1.82) is 0 Å². The van der Waals surface area contributed by atoms with Crippen LogP contribution < -0.4 is 16.0 Å². The second kappa shape index (κ2) is 7.38. The van der Waals surface area contributed by atoms with Gasteiger partial charge in [0.1, 0.15) is 6.04 Å². The maximum Gasteiger partial charge on any atom is 0.255 e. The van der Waals surface area contributed by atoms with E-state index in [1.807, 2.05) is 18.2 Å². The molecule has 2 saturated heterocycles. The van der Waals surface area contributed by atoms with Gasteiger partial charge < -0.3 is 20.6 Å². The van der Waals surface area contributed by atoms with Gasteiger partial charge in [0, 0.05) is 37.7 Å². The van der Waals surface area contributed by atoms with E-state index < -0.39 is 11.9 Å². The average Bonchev–Trinajstić information content (AvgIpc) is 2.97. The number of aliphatic hydroxyl groups excluding tert-OH is 1. The first-order chi connectivity index (χ1) is 13.0. The van der Waals surface area contributed by atoms with E-state index in [1.54, 1.807) is 4.90 Å². The van der Waals surface area contributed by atoms with Crippen molar-refractivity contribution >= 4 is 17.7 Å². The highest BCUT2D eigenvalue weighted by molar-refractivity contribution is 6.05. The normalized spacial score (nSPS) is 28.3. The Balaban J connectivity index is 1.43. The quantitative estimate of drug-likeness (QED) is 0.518. The lowest BCUT2D eigenvalue weighted by Crippen LogP contribution is -2.52. The maximum atomic E-state index is 12.8. The fraction of sp³-hybridized carbons (Fsp3) is 0.526. The summed E-state index contributed by atoms with van der Waals surface area (Å²) < 4.78 is 0. The van der Waals surface area contributed by atoms with Crippen molar-refractivity contribution < 1.29 is 19.5 Å². The minimum absolute atomic E-state index is 0.0114. The summed E-state index contributed by atoms with van der Waals surface area (Å²) in [6, 6.07) is 5.15. The van der Waals surface area contributed by atoms with Gasteiger partial charge in [0.15, 0.2) is 0 Å². The summed E-state index contributed by atoms with van der Waals surface area (Å²) in [5.74, 6) is -0.845. The predicted octanol–water partition coefficient (Wildman–Crippen LogP) is -0.740. The molecule has 144 valence electrons. The lowest BCUT2D eigenvalue weighted by molar-refractivity contribution is -0.136. The first-order valence-corrected chi connectivity index (χ1v) is 9.41. The van der Waals surface area contributed by atoms with Crippen LogP contribution in [0.2, 0.25) is 0 Å². The number of carbonyl (C=O) groups is 3. The molecule has 1 aromatic carbocycles. The van der Waals surface area contributed by atoms with E-state index in [2.05, 4.69) is 16.0 Å². The zero-order valence-electron chi connectivity index (χ0n) is 15.0. The highest BCUT2D eigenvalue weighted by Gasteiger charge is 2.39. The van der Waals surface area contributed by atoms with Gasteiger partial charge in [-0.25, -0.2) is 0 Å². The predicted molar refractivity (Wildman–Crippen MR) is 96.6 cm³/mol. The second-order valence-corrected chi connectivity index (χ2v) is 7.44. The molecule has 27 heavy (non-hydrogen) atoms. The number of nitrogens with one attached hydrogen (secondary N) is 3. The van der Waals surface area contributed by atoms with Crippen LogP contribution in [0.5, 0.6) is 0 Å². The zero-order chi connectivity index (χ0) is 19.0. The number of benzene rings is 1. The number of aliphatic hydroxyl groups is 1. The van der Waals surface area contributed by atoms with Crippen LogP contribution in [0.15, 0.2) is 18.2 Å². The molecule has 1 unspecified atom stereocenters. The monoisotopic (exact) mass is 372 g/mol. The standard InChI is InChI=1S/C19H24N4O4/c24-16-5-6-20-9-14(16)21-8-11-1-2-12-10-23(19(27)13(12)7-11)15-3-4-17(25)22-18(15)26/h1-2,7,14-16,20-21,24H,3-6,8-10H2,(H,22,25,26)/t14-,15?,16-/m1/s1. The van der Waals surface area contributed by atoms with Gasteiger partial charge in [-0.2, -0.15) is 0 Å². The summed E-state index contributed by atoms with van der Waals surface area (Å²) in [6.07, 6.45) is 0.973. The lowest BCUT2D eigenvalue weighted by atomic mass is 10.0. The van der Waals surface area contributed by atoms with Crippen molar-refractivity contribution in [3.8, 4) is 0 Å². The number of nitrogens with zero attached hydrogens (tertiary/aromatic N) is 1. The molecule has 0 bridgehead atoms. The molecule has 0 spiro atoms. The Bertz CT molecular complexity index is 781. The Morgan fingerprint density at radius 2 is 2.07 bits per heavy atom. The number of rotatable bonds is 4. The van der Waals surface area contributed by atoms with Crippen molar-refractivity contribution in [3.05, 3.63) is 34.9 Å². The van der Waals surface area contributed by atoms with Gasteiger partial charge in [0.05, 0.1) is 6.10 Å². The van der Waals surface area contributed by atoms with Gasteiger partial charge in [-0.15, -0.1) is 0 Å². The molecule has 0 saturated carbocycles. The van der Waals surface area contributed by atoms with E-state index in [0.717, 1.165) is 24.1 Å². The van der Waals surface area contributed by atoms with Crippen molar-refractivity contribution in [2.45, 2.75) is 50.5 Å². The molecule has 1 aromatic rings. The van der Waals surface area contributed by atoms with Crippen LogP contribution >= 0.6 is 0 Å². The van der Waals surface area contributed by atoms with E-state index in [-0.39, 0.29) is 30.4 Å². The van der Waals surface area contributed by atoms with Gasteiger partial charge in [0.2, 0.25) is 11.8 Å². The topological polar surface area (TPSA) is 111 Å². The third-order valence-electron chi connectivity index (χ3n) is 5.61. The maximum absolute atomic E-state index is 12.8. The Morgan fingerprint density at radius 1 is 1.22 bits per heavy atom. The van der Waals surface area contributed by atoms with Crippen molar-refractivity contribution in [1.82, 2.24) is 20.9 Å². The number of hydrogen-bond donors (Lipinski definition) is 4. The molecular weight excluding hydrogens is 348 g/mol. The van der Waals surface area contributed by atoms with Crippen LogP contribution in [0, 0.1) is 0 Å².